The molecule has 1 nitrogen and oxygen atoms in total. The summed E-state index contributed by atoms with van der Waals surface area (Å²) < 4.78 is 0. The fourth-order valence-corrected chi connectivity index (χ4v) is 1.66. The Morgan fingerprint density at radius 2 is 1.75 bits per heavy atom. The van der Waals surface area contributed by atoms with Crippen LogP contribution in [0.2, 0.25) is 0 Å². The van der Waals surface area contributed by atoms with E-state index in [0.717, 1.165) is 6.04 Å². The summed E-state index contributed by atoms with van der Waals surface area (Å²) in [7, 11) is 0. The summed E-state index contributed by atoms with van der Waals surface area (Å²) in [4.78, 5) is 2.58. The molecule has 1 atom stereocenters. The molecule has 0 rings (SSSR count). The predicted octanol–water partition coefficient (Wildman–Crippen LogP) is 3.30. The van der Waals surface area contributed by atoms with Crippen LogP contribution in [-0.2, 0) is 0 Å². The normalized spacial score (nSPS) is 13.8. The molecule has 0 aliphatic heterocycles. The smallest absolute Gasteiger partial charge is 0.00668 e. The molecule has 0 bridgehead atoms. The summed E-state index contributed by atoms with van der Waals surface area (Å²) in [5.41, 5.74) is 0. The summed E-state index contributed by atoms with van der Waals surface area (Å²) in [6.07, 6.45) is 5.35. The summed E-state index contributed by atoms with van der Waals surface area (Å²) in [5, 5.41) is 0. The van der Waals surface area contributed by atoms with Gasteiger partial charge in [0.1, 0.15) is 0 Å². The zero-order chi connectivity index (χ0) is 9.40. The molecule has 12 heavy (non-hydrogen) atoms. The van der Waals surface area contributed by atoms with Gasteiger partial charge < -0.3 is 4.90 Å². The van der Waals surface area contributed by atoms with Gasteiger partial charge in [-0.05, 0) is 32.9 Å². The van der Waals surface area contributed by atoms with E-state index in [9.17, 15) is 0 Å². The average molecular weight is 171 g/mol. The van der Waals surface area contributed by atoms with Gasteiger partial charge in [0.2, 0.25) is 0 Å². The van der Waals surface area contributed by atoms with E-state index in [1.807, 2.05) is 0 Å². The first-order chi connectivity index (χ1) is 5.76. The van der Waals surface area contributed by atoms with E-state index in [-0.39, 0.29) is 0 Å². The molecule has 0 aliphatic rings. The third kappa shape index (κ3) is 4.76. The summed E-state index contributed by atoms with van der Waals surface area (Å²) in [6.45, 7) is 11.6. The van der Waals surface area contributed by atoms with E-state index in [1.54, 1.807) is 0 Å². The van der Waals surface area contributed by atoms with Crippen molar-refractivity contribution in [3.05, 3.63) is 0 Å². The lowest BCUT2D eigenvalue weighted by Crippen LogP contribution is -2.33. The van der Waals surface area contributed by atoms with Crippen LogP contribution in [0.3, 0.4) is 0 Å². The van der Waals surface area contributed by atoms with E-state index >= 15 is 0 Å². The van der Waals surface area contributed by atoms with Gasteiger partial charge in [-0.1, -0.05) is 33.6 Å². The van der Waals surface area contributed by atoms with Crippen LogP contribution in [0, 0.1) is 0 Å². The van der Waals surface area contributed by atoms with E-state index in [2.05, 4.69) is 32.6 Å². The highest BCUT2D eigenvalue weighted by Crippen LogP contribution is 2.08. The Kier molecular flexibility index (Phi) is 7.58. The topological polar surface area (TPSA) is 3.24 Å². The quantitative estimate of drug-likeness (QED) is 0.568. The first-order valence-electron chi connectivity index (χ1n) is 5.50. The van der Waals surface area contributed by atoms with E-state index in [4.69, 9.17) is 0 Å². The molecule has 0 saturated heterocycles. The number of rotatable bonds is 7. The average Bonchev–Trinajstić information content (AvgIpc) is 2.10. The third-order valence-electron chi connectivity index (χ3n) is 2.52. The molecule has 0 fully saturated rings. The third-order valence-corrected chi connectivity index (χ3v) is 2.52. The van der Waals surface area contributed by atoms with Gasteiger partial charge in [-0.2, -0.15) is 0 Å². The largest absolute Gasteiger partial charge is 0.301 e. The van der Waals surface area contributed by atoms with Crippen LogP contribution >= 0.6 is 0 Å². The highest BCUT2D eigenvalue weighted by molar-refractivity contribution is 4.64. The second kappa shape index (κ2) is 7.60. The molecule has 0 aromatic rings. The van der Waals surface area contributed by atoms with Crippen molar-refractivity contribution in [2.75, 3.05) is 13.1 Å². The van der Waals surface area contributed by atoms with Gasteiger partial charge in [-0.3, -0.25) is 0 Å². The Balaban J connectivity index is 3.60. The molecular weight excluding hydrogens is 146 g/mol. The SMILES string of the molecule is CCCCC(C)N(CC)CCC. The maximum atomic E-state index is 2.58. The number of nitrogens with zero attached hydrogens (tertiary/aromatic N) is 1. The van der Waals surface area contributed by atoms with E-state index in [0.29, 0.717) is 0 Å². The van der Waals surface area contributed by atoms with Crippen LogP contribution in [0.15, 0.2) is 0 Å². The highest BCUT2D eigenvalue weighted by atomic mass is 15.1. The molecule has 0 saturated carbocycles. The van der Waals surface area contributed by atoms with Gasteiger partial charge >= 0.3 is 0 Å². The van der Waals surface area contributed by atoms with Crippen LogP contribution < -0.4 is 0 Å². The highest BCUT2D eigenvalue weighted by Gasteiger charge is 2.09. The van der Waals surface area contributed by atoms with Gasteiger partial charge in [-0.25, -0.2) is 0 Å². The number of hydrogen-bond donors (Lipinski definition) is 0. The van der Waals surface area contributed by atoms with Gasteiger partial charge in [-0.15, -0.1) is 0 Å². The summed E-state index contributed by atoms with van der Waals surface area (Å²) in [6, 6.07) is 0.787. The maximum Gasteiger partial charge on any atom is 0.00668 e. The van der Waals surface area contributed by atoms with Crippen molar-refractivity contribution in [2.45, 2.75) is 59.4 Å². The first-order valence-corrected chi connectivity index (χ1v) is 5.50. The Bertz CT molecular complexity index is 91.0. The fraction of sp³-hybridized carbons (Fsp3) is 1.00. The minimum atomic E-state index is 0.787. The van der Waals surface area contributed by atoms with E-state index < -0.39 is 0 Å². The summed E-state index contributed by atoms with van der Waals surface area (Å²) >= 11 is 0. The van der Waals surface area contributed by atoms with Crippen molar-refractivity contribution in [1.29, 1.82) is 0 Å². The van der Waals surface area contributed by atoms with Crippen molar-refractivity contribution in [2.24, 2.45) is 0 Å². The molecule has 0 aromatic heterocycles. The predicted molar refractivity (Wildman–Crippen MR) is 56.5 cm³/mol. The second-order valence-corrected chi connectivity index (χ2v) is 3.62. The lowest BCUT2D eigenvalue weighted by molar-refractivity contribution is 0.207. The van der Waals surface area contributed by atoms with Crippen molar-refractivity contribution >= 4 is 0 Å². The maximum absolute atomic E-state index is 2.58. The van der Waals surface area contributed by atoms with Crippen LogP contribution in [-0.4, -0.2) is 24.0 Å². The minimum Gasteiger partial charge on any atom is -0.301 e. The number of unbranched alkanes of at least 4 members (excludes halogenated alkanes) is 1. The van der Waals surface area contributed by atoms with Crippen LogP contribution in [0.1, 0.15) is 53.4 Å². The van der Waals surface area contributed by atoms with Crippen molar-refractivity contribution in [1.82, 2.24) is 4.90 Å². The Labute approximate surface area is 78.1 Å². The molecule has 1 unspecified atom stereocenters. The van der Waals surface area contributed by atoms with Crippen LogP contribution in [0.4, 0.5) is 0 Å². The van der Waals surface area contributed by atoms with Crippen molar-refractivity contribution in [3.8, 4) is 0 Å². The van der Waals surface area contributed by atoms with Crippen molar-refractivity contribution in [3.63, 3.8) is 0 Å². The van der Waals surface area contributed by atoms with E-state index in [1.165, 1.54) is 38.8 Å². The standard InChI is InChI=1S/C11H25N/c1-5-8-9-11(4)12(7-3)10-6-2/h11H,5-10H2,1-4H3. The lowest BCUT2D eigenvalue weighted by atomic mass is 10.1. The molecule has 0 radical (unpaired) electrons. The minimum absolute atomic E-state index is 0.787. The van der Waals surface area contributed by atoms with Gasteiger partial charge in [0.15, 0.2) is 0 Å². The molecule has 0 heterocycles. The zero-order valence-electron chi connectivity index (χ0n) is 9.27. The first kappa shape index (κ1) is 12.0. The molecule has 1 heteroatoms. The molecule has 0 spiro atoms. The molecular formula is C11H25N. The van der Waals surface area contributed by atoms with Gasteiger partial charge in [0, 0.05) is 6.04 Å². The number of hydrogen-bond acceptors (Lipinski definition) is 1. The second-order valence-electron chi connectivity index (χ2n) is 3.62. The fourth-order valence-electron chi connectivity index (χ4n) is 1.66. The molecule has 0 aromatic carbocycles. The lowest BCUT2D eigenvalue weighted by Gasteiger charge is -2.27. The van der Waals surface area contributed by atoms with Crippen molar-refractivity contribution < 1.29 is 0 Å². The Morgan fingerprint density at radius 1 is 1.08 bits per heavy atom. The molecule has 0 amide bonds. The summed E-state index contributed by atoms with van der Waals surface area (Å²) in [5.74, 6) is 0. The van der Waals surface area contributed by atoms with Crippen LogP contribution in [0.5, 0.6) is 0 Å². The monoisotopic (exact) mass is 171 g/mol. The zero-order valence-corrected chi connectivity index (χ0v) is 9.27. The molecule has 74 valence electrons. The molecule has 0 aliphatic carbocycles. The molecule has 0 N–H and O–H groups in total. The Hall–Kier alpha value is -0.0400. The van der Waals surface area contributed by atoms with Crippen LogP contribution in [0.25, 0.3) is 0 Å². The van der Waals surface area contributed by atoms with Gasteiger partial charge in [0.05, 0.1) is 0 Å². The Morgan fingerprint density at radius 3 is 2.17 bits per heavy atom. The van der Waals surface area contributed by atoms with Gasteiger partial charge in [0.25, 0.3) is 0 Å².